The molecule has 1 aliphatic rings. The van der Waals surface area contributed by atoms with Crippen molar-refractivity contribution in [3.8, 4) is 11.5 Å². The van der Waals surface area contributed by atoms with Crippen molar-refractivity contribution in [1.29, 1.82) is 0 Å². The van der Waals surface area contributed by atoms with Crippen LogP contribution in [0.2, 0.25) is 0 Å². The van der Waals surface area contributed by atoms with Gasteiger partial charge in [-0.15, -0.1) is 12.4 Å². The molecule has 6 heteroatoms. The van der Waals surface area contributed by atoms with Gasteiger partial charge in [0, 0.05) is 17.8 Å². The largest absolute Gasteiger partial charge is 0.455 e. The van der Waals surface area contributed by atoms with E-state index in [1.165, 1.54) is 0 Å². The topological polar surface area (TPSA) is 63.2 Å². The van der Waals surface area contributed by atoms with Crippen LogP contribution in [0, 0.1) is 12.8 Å². The van der Waals surface area contributed by atoms with E-state index in [1.54, 1.807) is 12.4 Å². The van der Waals surface area contributed by atoms with Crippen LogP contribution in [0.3, 0.4) is 0 Å². The molecule has 5 nitrogen and oxygen atoms in total. The molecule has 0 bridgehead atoms. The number of piperidine rings is 1. The number of aromatic nitrogens is 1. The molecule has 1 aromatic heterocycles. The minimum absolute atomic E-state index is 0. The van der Waals surface area contributed by atoms with Gasteiger partial charge in [-0.2, -0.15) is 0 Å². The summed E-state index contributed by atoms with van der Waals surface area (Å²) in [6, 6.07) is 9.38. The average Bonchev–Trinajstić information content (AvgIpc) is 2.59. The van der Waals surface area contributed by atoms with Crippen molar-refractivity contribution in [3.05, 3.63) is 48.3 Å². The highest BCUT2D eigenvalue weighted by atomic mass is 35.5. The zero-order valence-corrected chi connectivity index (χ0v) is 14.4. The molecule has 1 amide bonds. The van der Waals surface area contributed by atoms with Gasteiger partial charge < -0.3 is 15.4 Å². The van der Waals surface area contributed by atoms with Crippen LogP contribution in [-0.4, -0.2) is 24.0 Å². The molecule has 2 aromatic rings. The first-order chi connectivity index (χ1) is 11.2. The van der Waals surface area contributed by atoms with E-state index in [9.17, 15) is 4.79 Å². The molecule has 2 heterocycles. The second-order valence-electron chi connectivity index (χ2n) is 5.78. The lowest BCUT2D eigenvalue weighted by Gasteiger charge is -2.22. The Hall–Kier alpha value is -2.11. The second kappa shape index (κ2) is 8.66. The molecule has 0 spiro atoms. The van der Waals surface area contributed by atoms with Gasteiger partial charge in [-0.3, -0.25) is 9.78 Å². The molecule has 1 fully saturated rings. The van der Waals surface area contributed by atoms with Crippen LogP contribution in [0.15, 0.2) is 42.7 Å². The number of anilines is 1. The van der Waals surface area contributed by atoms with Crippen molar-refractivity contribution in [1.82, 2.24) is 10.3 Å². The molecule has 128 valence electrons. The van der Waals surface area contributed by atoms with Crippen LogP contribution < -0.4 is 15.4 Å². The van der Waals surface area contributed by atoms with E-state index in [4.69, 9.17) is 4.74 Å². The number of pyridine rings is 1. The van der Waals surface area contributed by atoms with Crippen LogP contribution in [0.4, 0.5) is 5.69 Å². The molecule has 0 aliphatic carbocycles. The number of amides is 1. The summed E-state index contributed by atoms with van der Waals surface area (Å²) in [4.78, 5) is 16.3. The van der Waals surface area contributed by atoms with Gasteiger partial charge in [0.15, 0.2) is 0 Å². The summed E-state index contributed by atoms with van der Waals surface area (Å²) in [6.45, 7) is 3.79. The van der Waals surface area contributed by atoms with Gasteiger partial charge in [-0.1, -0.05) is 0 Å². The lowest BCUT2D eigenvalue weighted by molar-refractivity contribution is -0.120. The monoisotopic (exact) mass is 347 g/mol. The molecule has 3 rings (SSSR count). The SMILES string of the molecule is Cc1cc(NC(=O)C2CCNCC2)ccc1Oc1cccnc1.Cl. The van der Waals surface area contributed by atoms with Crippen molar-refractivity contribution >= 4 is 24.0 Å². The van der Waals surface area contributed by atoms with E-state index in [2.05, 4.69) is 15.6 Å². The number of halogens is 1. The van der Waals surface area contributed by atoms with Crippen molar-refractivity contribution in [3.63, 3.8) is 0 Å². The van der Waals surface area contributed by atoms with E-state index < -0.39 is 0 Å². The summed E-state index contributed by atoms with van der Waals surface area (Å²) in [5.74, 6) is 1.66. The van der Waals surface area contributed by atoms with Gasteiger partial charge in [0.1, 0.15) is 11.5 Å². The highest BCUT2D eigenvalue weighted by Gasteiger charge is 2.20. The number of hydrogen-bond donors (Lipinski definition) is 2. The van der Waals surface area contributed by atoms with Crippen molar-refractivity contribution in [2.75, 3.05) is 18.4 Å². The maximum atomic E-state index is 12.3. The van der Waals surface area contributed by atoms with Crippen molar-refractivity contribution < 1.29 is 9.53 Å². The maximum Gasteiger partial charge on any atom is 0.227 e. The minimum Gasteiger partial charge on any atom is -0.455 e. The Morgan fingerprint density at radius 1 is 1.29 bits per heavy atom. The van der Waals surface area contributed by atoms with Crippen LogP contribution >= 0.6 is 12.4 Å². The maximum absolute atomic E-state index is 12.3. The Morgan fingerprint density at radius 2 is 2.08 bits per heavy atom. The third kappa shape index (κ3) is 4.69. The second-order valence-corrected chi connectivity index (χ2v) is 5.78. The average molecular weight is 348 g/mol. The van der Waals surface area contributed by atoms with Crippen LogP contribution in [0.25, 0.3) is 0 Å². The smallest absolute Gasteiger partial charge is 0.227 e. The normalized spacial score (nSPS) is 14.5. The van der Waals surface area contributed by atoms with Gasteiger partial charge in [0.25, 0.3) is 0 Å². The summed E-state index contributed by atoms with van der Waals surface area (Å²) in [6.07, 6.45) is 5.17. The number of aryl methyl sites for hydroxylation is 1. The standard InChI is InChI=1S/C18H21N3O2.ClH/c1-13-11-15(21-18(22)14-6-9-19-10-7-14)4-5-17(13)23-16-3-2-8-20-12-16;/h2-5,8,11-12,14,19H,6-7,9-10H2,1H3,(H,21,22);1H. The quantitative estimate of drug-likeness (QED) is 0.888. The predicted octanol–water partition coefficient (Wildman–Crippen LogP) is 3.54. The first kappa shape index (κ1) is 18.2. The Morgan fingerprint density at radius 3 is 2.75 bits per heavy atom. The minimum atomic E-state index is 0. The van der Waals surface area contributed by atoms with Gasteiger partial charge in [0.2, 0.25) is 5.91 Å². The van der Waals surface area contributed by atoms with Crippen LogP contribution in [-0.2, 0) is 4.79 Å². The van der Waals surface area contributed by atoms with Gasteiger partial charge in [0.05, 0.1) is 6.20 Å². The zero-order valence-electron chi connectivity index (χ0n) is 13.6. The Labute approximate surface area is 148 Å². The number of hydrogen-bond acceptors (Lipinski definition) is 4. The Bertz CT molecular complexity index is 673. The lowest BCUT2D eigenvalue weighted by Crippen LogP contribution is -2.34. The molecule has 1 saturated heterocycles. The number of nitrogens with zero attached hydrogens (tertiary/aromatic N) is 1. The highest BCUT2D eigenvalue weighted by Crippen LogP contribution is 2.27. The molecule has 1 aliphatic heterocycles. The summed E-state index contributed by atoms with van der Waals surface area (Å²) >= 11 is 0. The van der Waals surface area contributed by atoms with E-state index in [0.717, 1.165) is 42.9 Å². The van der Waals surface area contributed by atoms with Crippen molar-refractivity contribution in [2.45, 2.75) is 19.8 Å². The number of ether oxygens (including phenoxy) is 1. The Kier molecular flexibility index (Phi) is 6.58. The summed E-state index contributed by atoms with van der Waals surface area (Å²) in [5.41, 5.74) is 1.78. The Balaban J connectivity index is 0.00000208. The summed E-state index contributed by atoms with van der Waals surface area (Å²) in [5, 5.41) is 6.28. The lowest BCUT2D eigenvalue weighted by atomic mass is 9.97. The molecule has 2 N–H and O–H groups in total. The fourth-order valence-corrected chi connectivity index (χ4v) is 2.70. The molecule has 0 atom stereocenters. The number of carbonyl (C=O) groups is 1. The van der Waals surface area contributed by atoms with E-state index >= 15 is 0 Å². The molecule has 0 unspecified atom stereocenters. The summed E-state index contributed by atoms with van der Waals surface area (Å²) in [7, 11) is 0. The van der Waals surface area contributed by atoms with E-state index in [1.807, 2.05) is 37.3 Å². The molecule has 1 aromatic carbocycles. The molecule has 0 radical (unpaired) electrons. The summed E-state index contributed by atoms with van der Waals surface area (Å²) < 4.78 is 5.80. The third-order valence-electron chi connectivity index (χ3n) is 4.01. The van der Waals surface area contributed by atoms with Gasteiger partial charge in [-0.05, 0) is 68.8 Å². The van der Waals surface area contributed by atoms with Crippen molar-refractivity contribution in [2.24, 2.45) is 5.92 Å². The van der Waals surface area contributed by atoms with Gasteiger partial charge >= 0.3 is 0 Å². The first-order valence-corrected chi connectivity index (χ1v) is 7.92. The first-order valence-electron chi connectivity index (χ1n) is 7.92. The highest BCUT2D eigenvalue weighted by molar-refractivity contribution is 5.92. The molecular weight excluding hydrogens is 326 g/mol. The zero-order chi connectivity index (χ0) is 16.1. The molecule has 0 saturated carbocycles. The van der Waals surface area contributed by atoms with E-state index in [0.29, 0.717) is 5.75 Å². The van der Waals surface area contributed by atoms with Crippen LogP contribution in [0.5, 0.6) is 11.5 Å². The molecule has 24 heavy (non-hydrogen) atoms. The fraction of sp³-hybridized carbons (Fsp3) is 0.333. The third-order valence-corrected chi connectivity index (χ3v) is 4.01. The van der Waals surface area contributed by atoms with Gasteiger partial charge in [-0.25, -0.2) is 0 Å². The van der Waals surface area contributed by atoms with E-state index in [-0.39, 0.29) is 24.2 Å². The fourth-order valence-electron chi connectivity index (χ4n) is 2.70. The van der Waals surface area contributed by atoms with Crippen LogP contribution in [0.1, 0.15) is 18.4 Å². The number of nitrogens with one attached hydrogen (secondary N) is 2. The molecular formula is C18H22ClN3O2. The number of carbonyl (C=O) groups excluding carboxylic acids is 1. The number of benzene rings is 1. The predicted molar refractivity (Wildman–Crippen MR) is 97.0 cm³/mol. The number of rotatable bonds is 4.